The highest BCUT2D eigenvalue weighted by Crippen LogP contribution is 2.35. The molecule has 1 N–H and O–H groups in total. The third-order valence-corrected chi connectivity index (χ3v) is 8.91. The second-order valence-electron chi connectivity index (χ2n) is 8.62. The first-order valence-electron chi connectivity index (χ1n) is 12.7. The molecule has 1 aromatic heterocycles. The number of amides is 1. The number of ether oxygens (including phenoxy) is 2. The number of hydrogen-bond donors (Lipinski definition) is 1. The summed E-state index contributed by atoms with van der Waals surface area (Å²) in [7, 11) is -4.06. The van der Waals surface area contributed by atoms with Crippen LogP contribution in [0.4, 0.5) is 16.4 Å². The van der Waals surface area contributed by atoms with Gasteiger partial charge >= 0.3 is 11.9 Å². The van der Waals surface area contributed by atoms with Gasteiger partial charge < -0.3 is 14.8 Å². The number of thiophene rings is 1. The van der Waals surface area contributed by atoms with Crippen LogP contribution < -0.4 is 9.62 Å². The van der Waals surface area contributed by atoms with E-state index in [-0.39, 0.29) is 39.1 Å². The number of benzene rings is 3. The Morgan fingerprint density at radius 3 is 1.80 bits per heavy atom. The molecule has 0 unspecified atom stereocenters. The van der Waals surface area contributed by atoms with Crippen molar-refractivity contribution in [2.24, 2.45) is 0 Å². The van der Waals surface area contributed by atoms with Crippen LogP contribution in [-0.2, 0) is 19.5 Å². The first kappa shape index (κ1) is 29.5. The fourth-order valence-electron chi connectivity index (χ4n) is 4.05. The van der Waals surface area contributed by atoms with Crippen molar-refractivity contribution in [2.45, 2.75) is 25.7 Å². The summed E-state index contributed by atoms with van der Waals surface area (Å²) < 4.78 is 39.0. The van der Waals surface area contributed by atoms with E-state index in [1.807, 2.05) is 0 Å². The number of hydrogen-bond acceptors (Lipinski definition) is 8. The van der Waals surface area contributed by atoms with E-state index in [0.717, 1.165) is 11.3 Å². The van der Waals surface area contributed by atoms with E-state index in [9.17, 15) is 22.8 Å². The van der Waals surface area contributed by atoms with Gasteiger partial charge in [-0.1, -0.05) is 36.4 Å². The van der Waals surface area contributed by atoms with Crippen LogP contribution >= 0.6 is 11.3 Å². The van der Waals surface area contributed by atoms with Gasteiger partial charge in [-0.2, -0.15) is 0 Å². The fourth-order valence-corrected chi connectivity index (χ4v) is 6.63. The molecule has 4 rings (SSSR count). The van der Waals surface area contributed by atoms with Gasteiger partial charge in [0.2, 0.25) is 0 Å². The molecule has 0 fully saturated rings. The lowest BCUT2D eigenvalue weighted by molar-refractivity contribution is 0.0527. The predicted octanol–water partition coefficient (Wildman–Crippen LogP) is 6.19. The fraction of sp³-hybridized carbons (Fsp3) is 0.167. The van der Waals surface area contributed by atoms with Gasteiger partial charge in [-0.05, 0) is 74.9 Å². The second-order valence-corrected chi connectivity index (χ2v) is 11.4. The summed E-state index contributed by atoms with van der Waals surface area (Å²) in [6.45, 7) is 5.15. The van der Waals surface area contributed by atoms with Crippen molar-refractivity contribution in [2.75, 3.05) is 22.8 Å². The number of esters is 2. The molecule has 212 valence electrons. The van der Waals surface area contributed by atoms with Gasteiger partial charge in [-0.3, -0.25) is 4.79 Å². The van der Waals surface area contributed by atoms with Gasteiger partial charge in [0.15, 0.2) is 0 Å². The normalized spacial score (nSPS) is 11.0. The number of rotatable bonds is 10. The number of carbonyl (C=O) groups excluding carboxylic acids is 3. The molecule has 4 aromatic rings. The highest BCUT2D eigenvalue weighted by atomic mass is 32.2. The summed E-state index contributed by atoms with van der Waals surface area (Å²) in [4.78, 5) is 38.4. The third kappa shape index (κ3) is 6.31. The summed E-state index contributed by atoms with van der Waals surface area (Å²) in [5.74, 6) is -1.90. The van der Waals surface area contributed by atoms with Gasteiger partial charge in [0.1, 0.15) is 9.88 Å². The molecule has 0 aliphatic heterocycles. The highest BCUT2D eigenvalue weighted by Gasteiger charge is 2.29. The molecule has 0 saturated heterocycles. The van der Waals surface area contributed by atoms with Crippen LogP contribution in [-0.4, -0.2) is 39.5 Å². The topological polar surface area (TPSA) is 119 Å². The minimum absolute atomic E-state index is 0.0227. The Hall–Kier alpha value is -4.48. The summed E-state index contributed by atoms with van der Waals surface area (Å²) >= 11 is 0.908. The highest BCUT2D eigenvalue weighted by molar-refractivity contribution is 7.93. The van der Waals surface area contributed by atoms with E-state index in [4.69, 9.17) is 9.47 Å². The zero-order chi connectivity index (χ0) is 29.6. The van der Waals surface area contributed by atoms with Crippen molar-refractivity contribution >= 4 is 55.6 Å². The minimum Gasteiger partial charge on any atom is -0.462 e. The minimum atomic E-state index is -4.06. The lowest BCUT2D eigenvalue weighted by Gasteiger charge is -2.24. The molecule has 3 aromatic carbocycles. The molecule has 0 aliphatic carbocycles. The quantitative estimate of drug-likeness (QED) is 0.218. The molecule has 0 aliphatic rings. The van der Waals surface area contributed by atoms with E-state index in [0.29, 0.717) is 16.9 Å². The number of nitrogens with zero attached hydrogens (tertiary/aromatic N) is 1. The Morgan fingerprint density at radius 1 is 0.780 bits per heavy atom. The zero-order valence-electron chi connectivity index (χ0n) is 22.6. The SMILES string of the molecule is CCOC(=O)c1sc(NC(=O)c2ccc(S(=O)(=O)N(c3ccccc3)c3ccccc3)cc2)c(C(=O)OCC)c1C. The maximum Gasteiger partial charge on any atom is 0.348 e. The summed E-state index contributed by atoms with van der Waals surface area (Å²) in [5.41, 5.74) is 1.46. The molecular formula is C30H28N2O7S2. The molecule has 0 bridgehead atoms. The molecule has 11 heteroatoms. The molecule has 1 heterocycles. The van der Waals surface area contributed by atoms with Crippen LogP contribution in [0, 0.1) is 6.92 Å². The van der Waals surface area contributed by atoms with Crippen LogP contribution in [0.3, 0.4) is 0 Å². The number of carbonyl (C=O) groups is 3. The zero-order valence-corrected chi connectivity index (χ0v) is 24.3. The van der Waals surface area contributed by atoms with Crippen LogP contribution in [0.25, 0.3) is 0 Å². The average Bonchev–Trinajstić information content (AvgIpc) is 3.30. The van der Waals surface area contributed by atoms with Crippen molar-refractivity contribution in [1.82, 2.24) is 0 Å². The Labute approximate surface area is 242 Å². The van der Waals surface area contributed by atoms with Crippen LogP contribution in [0.15, 0.2) is 89.8 Å². The van der Waals surface area contributed by atoms with Gasteiger partial charge in [-0.25, -0.2) is 22.3 Å². The van der Waals surface area contributed by atoms with Gasteiger partial charge in [-0.15, -0.1) is 11.3 Å². The van der Waals surface area contributed by atoms with E-state index in [1.54, 1.807) is 81.4 Å². The molecule has 0 saturated carbocycles. The molecule has 1 amide bonds. The number of anilines is 3. The smallest absolute Gasteiger partial charge is 0.348 e. The maximum absolute atomic E-state index is 13.8. The molecule has 0 atom stereocenters. The van der Waals surface area contributed by atoms with Crippen LogP contribution in [0.1, 0.15) is 49.8 Å². The molecule has 0 spiro atoms. The number of sulfonamides is 1. The number of nitrogens with one attached hydrogen (secondary N) is 1. The van der Waals surface area contributed by atoms with Crippen molar-refractivity contribution in [3.8, 4) is 0 Å². The maximum atomic E-state index is 13.8. The lowest BCUT2D eigenvalue weighted by Crippen LogP contribution is -2.26. The van der Waals surface area contributed by atoms with E-state index in [2.05, 4.69) is 5.32 Å². The van der Waals surface area contributed by atoms with Gasteiger partial charge in [0, 0.05) is 5.56 Å². The van der Waals surface area contributed by atoms with Gasteiger partial charge in [0.25, 0.3) is 15.9 Å². The molecular weight excluding hydrogens is 564 g/mol. The van der Waals surface area contributed by atoms with E-state index in [1.165, 1.54) is 28.6 Å². The monoisotopic (exact) mass is 592 g/mol. The van der Waals surface area contributed by atoms with Gasteiger partial charge in [0.05, 0.1) is 35.0 Å². The Balaban J connectivity index is 1.65. The first-order valence-corrected chi connectivity index (χ1v) is 15.0. The summed E-state index contributed by atoms with van der Waals surface area (Å²) in [6, 6.07) is 22.8. The summed E-state index contributed by atoms with van der Waals surface area (Å²) in [6.07, 6.45) is 0. The van der Waals surface area contributed by atoms with E-state index < -0.39 is 27.9 Å². The Bertz CT molecular complexity index is 1610. The molecule has 9 nitrogen and oxygen atoms in total. The van der Waals surface area contributed by atoms with Crippen molar-refractivity contribution in [3.63, 3.8) is 0 Å². The Morgan fingerprint density at radius 2 is 1.29 bits per heavy atom. The largest absolute Gasteiger partial charge is 0.462 e. The standard InChI is InChI=1S/C30H28N2O7S2/c1-4-38-29(34)25-20(3)26(30(35)39-5-2)40-28(25)31-27(33)21-16-18-24(19-17-21)41(36,37)32(22-12-8-6-9-13-22)23-14-10-7-11-15-23/h6-19H,4-5H2,1-3H3,(H,31,33). The van der Waals surface area contributed by atoms with E-state index >= 15 is 0 Å². The summed E-state index contributed by atoms with van der Waals surface area (Å²) in [5, 5.41) is 2.80. The van der Waals surface area contributed by atoms with Crippen molar-refractivity contribution in [1.29, 1.82) is 0 Å². The second kappa shape index (κ2) is 12.8. The number of para-hydroxylation sites is 2. The average molecular weight is 593 g/mol. The Kier molecular flexibility index (Phi) is 9.21. The van der Waals surface area contributed by atoms with Crippen LogP contribution in [0.2, 0.25) is 0 Å². The first-order chi connectivity index (χ1) is 19.7. The van der Waals surface area contributed by atoms with Crippen molar-refractivity contribution in [3.05, 3.63) is 106 Å². The van der Waals surface area contributed by atoms with Crippen LogP contribution in [0.5, 0.6) is 0 Å². The predicted molar refractivity (Wildman–Crippen MR) is 158 cm³/mol. The lowest BCUT2D eigenvalue weighted by atomic mass is 10.1. The molecule has 0 radical (unpaired) electrons. The third-order valence-electron chi connectivity index (χ3n) is 5.95. The van der Waals surface area contributed by atoms with Crippen molar-refractivity contribution < 1.29 is 32.3 Å². The molecule has 41 heavy (non-hydrogen) atoms.